The van der Waals surface area contributed by atoms with Gasteiger partial charge < -0.3 is 25.3 Å². The van der Waals surface area contributed by atoms with Crippen molar-refractivity contribution < 1.29 is 23.5 Å². The number of fused-ring (bicyclic) bond motifs is 1. The minimum Gasteiger partial charge on any atom is -0.453 e. The van der Waals surface area contributed by atoms with Crippen molar-refractivity contribution in [2.24, 2.45) is 5.92 Å². The Morgan fingerprint density at radius 2 is 2.00 bits per heavy atom. The lowest BCUT2D eigenvalue weighted by Gasteiger charge is -2.18. The van der Waals surface area contributed by atoms with E-state index in [0.717, 1.165) is 7.11 Å². The van der Waals surface area contributed by atoms with E-state index in [-0.39, 0.29) is 35.6 Å². The van der Waals surface area contributed by atoms with Crippen molar-refractivity contribution in [1.29, 1.82) is 0 Å². The molecule has 0 aliphatic heterocycles. The highest BCUT2D eigenvalue weighted by molar-refractivity contribution is 6.29. The third kappa shape index (κ3) is 8.16. The molecule has 11 nitrogen and oxygen atoms in total. The summed E-state index contributed by atoms with van der Waals surface area (Å²) in [5, 5.41) is 5.11. The number of anilines is 1. The molecule has 3 aromatic rings. The molecular formula is C28H34ClFN6O5. The summed E-state index contributed by atoms with van der Waals surface area (Å²) in [4.78, 5) is 58.7. The fraction of sp³-hybridized carbons (Fsp3) is 0.393. The zero-order chi connectivity index (χ0) is 30.3. The predicted octanol–water partition coefficient (Wildman–Crippen LogP) is 3.85. The SMILES string of the molecule is COC(=O)NC(CC/C=C/C(=O)N(C)C)C(=O)Nc1ccc(Cl)n(Cc2cc3ncc(F)c(CC(C)C)c3[nH]2)c1=O. The molecule has 0 saturated heterocycles. The molecule has 0 radical (unpaired) electrons. The van der Waals surface area contributed by atoms with Crippen LogP contribution in [0.15, 0.2) is 41.3 Å². The zero-order valence-corrected chi connectivity index (χ0v) is 24.3. The third-order valence-electron chi connectivity index (χ3n) is 6.20. The lowest BCUT2D eigenvalue weighted by Crippen LogP contribution is -2.44. The number of aromatic nitrogens is 3. The van der Waals surface area contributed by atoms with Gasteiger partial charge in [-0.15, -0.1) is 0 Å². The second-order valence-electron chi connectivity index (χ2n) is 10.1. The molecule has 3 aromatic heterocycles. The number of halogens is 2. The molecule has 1 unspecified atom stereocenters. The highest BCUT2D eigenvalue weighted by atomic mass is 35.5. The molecule has 0 fully saturated rings. The second-order valence-corrected chi connectivity index (χ2v) is 10.5. The van der Waals surface area contributed by atoms with Crippen molar-refractivity contribution in [1.82, 2.24) is 24.8 Å². The Bertz CT molecular complexity index is 1510. The standard InChI is InChI=1S/C28H34ClFN6O5/c1-16(2)12-18-19(30)14-31-22-13-17(32-25(18)22)15-36-23(29)11-10-21(27(36)39)33-26(38)20(34-28(40)41-5)8-6-7-9-24(37)35(3)4/h7,9-11,13-14,16,20,32H,6,8,12,15H2,1-5H3,(H,33,38)(H,34,40)/b9-7+. The molecule has 0 aliphatic rings. The summed E-state index contributed by atoms with van der Waals surface area (Å²) >= 11 is 6.34. The van der Waals surface area contributed by atoms with Crippen LogP contribution < -0.4 is 16.2 Å². The smallest absolute Gasteiger partial charge is 0.407 e. The van der Waals surface area contributed by atoms with Gasteiger partial charge in [-0.2, -0.15) is 0 Å². The number of hydrogen-bond acceptors (Lipinski definition) is 6. The van der Waals surface area contributed by atoms with Gasteiger partial charge in [-0.1, -0.05) is 31.5 Å². The minimum atomic E-state index is -1.06. The van der Waals surface area contributed by atoms with Crippen LogP contribution in [0.3, 0.4) is 0 Å². The first-order valence-corrected chi connectivity index (χ1v) is 13.4. The summed E-state index contributed by atoms with van der Waals surface area (Å²) in [6.07, 6.45) is 4.25. The van der Waals surface area contributed by atoms with Gasteiger partial charge in [0.1, 0.15) is 22.7 Å². The second kappa shape index (κ2) is 13.9. The molecule has 220 valence electrons. The van der Waals surface area contributed by atoms with Crippen LogP contribution in [0.5, 0.6) is 0 Å². The number of allylic oxidation sites excluding steroid dienone is 1. The van der Waals surface area contributed by atoms with Gasteiger partial charge in [0.05, 0.1) is 30.9 Å². The predicted molar refractivity (Wildman–Crippen MR) is 154 cm³/mol. The Balaban J connectivity index is 1.83. The Morgan fingerprint density at radius 1 is 1.27 bits per heavy atom. The average molecular weight is 589 g/mol. The number of H-pyrrole nitrogens is 1. The van der Waals surface area contributed by atoms with Crippen LogP contribution in [0.1, 0.15) is 37.9 Å². The van der Waals surface area contributed by atoms with E-state index >= 15 is 0 Å². The summed E-state index contributed by atoms with van der Waals surface area (Å²) in [5.74, 6) is -1.07. The Labute approximate surface area is 241 Å². The van der Waals surface area contributed by atoms with E-state index in [9.17, 15) is 23.6 Å². The number of ether oxygens (including phenoxy) is 1. The van der Waals surface area contributed by atoms with Gasteiger partial charge in [0, 0.05) is 25.4 Å². The monoisotopic (exact) mass is 588 g/mol. The molecule has 0 aromatic carbocycles. The van der Waals surface area contributed by atoms with E-state index in [1.54, 1.807) is 26.2 Å². The van der Waals surface area contributed by atoms with Gasteiger partial charge in [-0.25, -0.2) is 9.18 Å². The molecular weight excluding hydrogens is 555 g/mol. The number of amides is 3. The molecule has 3 amide bonds. The number of nitrogens with one attached hydrogen (secondary N) is 3. The summed E-state index contributed by atoms with van der Waals surface area (Å²) in [6.45, 7) is 3.99. The summed E-state index contributed by atoms with van der Waals surface area (Å²) in [6, 6.07) is 3.49. The Hall–Kier alpha value is -4.19. The van der Waals surface area contributed by atoms with Crippen molar-refractivity contribution in [3.8, 4) is 0 Å². The number of likely N-dealkylation sites (N-methyl/N-ethyl adjacent to an activating group) is 1. The lowest BCUT2D eigenvalue weighted by molar-refractivity contribution is -0.123. The molecule has 3 N–H and O–H groups in total. The number of carbonyl (C=O) groups is 3. The molecule has 0 bridgehead atoms. The number of pyridine rings is 2. The van der Waals surface area contributed by atoms with Gasteiger partial charge in [-0.3, -0.25) is 23.9 Å². The van der Waals surface area contributed by atoms with Gasteiger partial charge in [0.25, 0.3) is 5.56 Å². The van der Waals surface area contributed by atoms with Crippen molar-refractivity contribution >= 4 is 46.2 Å². The van der Waals surface area contributed by atoms with E-state index < -0.39 is 29.4 Å². The van der Waals surface area contributed by atoms with Crippen LogP contribution in [0.2, 0.25) is 5.15 Å². The fourth-order valence-corrected chi connectivity index (χ4v) is 4.30. The van der Waals surface area contributed by atoms with E-state index in [2.05, 4.69) is 25.3 Å². The van der Waals surface area contributed by atoms with Crippen molar-refractivity contribution in [2.75, 3.05) is 26.5 Å². The number of alkyl carbamates (subject to hydrolysis) is 1. The van der Waals surface area contributed by atoms with Crippen molar-refractivity contribution in [3.05, 3.63) is 69.1 Å². The van der Waals surface area contributed by atoms with E-state index in [0.29, 0.717) is 35.1 Å². The zero-order valence-electron chi connectivity index (χ0n) is 23.6. The van der Waals surface area contributed by atoms with Crippen molar-refractivity contribution in [3.63, 3.8) is 0 Å². The van der Waals surface area contributed by atoms with Crippen LogP contribution >= 0.6 is 11.6 Å². The van der Waals surface area contributed by atoms with E-state index in [4.69, 9.17) is 11.6 Å². The van der Waals surface area contributed by atoms with Gasteiger partial charge >= 0.3 is 6.09 Å². The molecule has 3 rings (SSSR count). The first kappa shape index (κ1) is 31.3. The van der Waals surface area contributed by atoms with Crippen LogP contribution in [0, 0.1) is 11.7 Å². The van der Waals surface area contributed by atoms with Gasteiger partial charge in [0.2, 0.25) is 11.8 Å². The first-order valence-electron chi connectivity index (χ1n) is 13.0. The van der Waals surface area contributed by atoms with Gasteiger partial charge in [-0.05, 0) is 49.5 Å². The topological polar surface area (TPSA) is 138 Å². The number of nitrogens with zero attached hydrogens (tertiary/aromatic N) is 3. The lowest BCUT2D eigenvalue weighted by atomic mass is 10.0. The minimum absolute atomic E-state index is 0.00894. The molecule has 41 heavy (non-hydrogen) atoms. The molecule has 0 saturated carbocycles. The van der Waals surface area contributed by atoms with Crippen LogP contribution in [0.4, 0.5) is 14.9 Å². The normalized spacial score (nSPS) is 12.1. The first-order chi connectivity index (χ1) is 19.4. The molecule has 1 atom stereocenters. The van der Waals surface area contributed by atoms with Crippen LogP contribution in [-0.2, 0) is 27.3 Å². The van der Waals surface area contributed by atoms with E-state index in [1.807, 2.05) is 13.8 Å². The maximum absolute atomic E-state index is 14.5. The number of methoxy groups -OCH3 is 1. The highest BCUT2D eigenvalue weighted by Crippen LogP contribution is 2.24. The molecule has 0 aliphatic carbocycles. The largest absolute Gasteiger partial charge is 0.453 e. The molecule has 3 heterocycles. The Morgan fingerprint density at radius 3 is 2.66 bits per heavy atom. The quantitative estimate of drug-likeness (QED) is 0.230. The summed E-state index contributed by atoms with van der Waals surface area (Å²) in [7, 11) is 4.39. The number of hydrogen-bond donors (Lipinski definition) is 3. The van der Waals surface area contributed by atoms with Crippen molar-refractivity contribution in [2.45, 2.75) is 45.7 Å². The average Bonchev–Trinajstić information content (AvgIpc) is 3.34. The molecule has 13 heteroatoms. The number of rotatable bonds is 11. The van der Waals surface area contributed by atoms with Crippen LogP contribution in [-0.4, -0.2) is 64.6 Å². The molecule has 0 spiro atoms. The third-order valence-corrected chi connectivity index (χ3v) is 6.53. The summed E-state index contributed by atoms with van der Waals surface area (Å²) in [5.41, 5.74) is 1.55. The highest BCUT2D eigenvalue weighted by Gasteiger charge is 2.22. The number of aromatic amines is 1. The van der Waals surface area contributed by atoms with Gasteiger partial charge in [0.15, 0.2) is 0 Å². The van der Waals surface area contributed by atoms with E-state index in [1.165, 1.54) is 33.9 Å². The summed E-state index contributed by atoms with van der Waals surface area (Å²) < 4.78 is 20.4. The maximum Gasteiger partial charge on any atom is 0.407 e. The van der Waals surface area contributed by atoms with Crippen LogP contribution in [0.25, 0.3) is 11.0 Å². The Kier molecular flexibility index (Phi) is 10.6. The number of carbonyl (C=O) groups excluding carboxylic acids is 3. The fourth-order valence-electron chi connectivity index (χ4n) is 4.10. The maximum atomic E-state index is 14.5.